The van der Waals surface area contributed by atoms with Crippen molar-refractivity contribution in [2.24, 2.45) is 0 Å². The molecule has 0 aliphatic carbocycles. The van der Waals surface area contributed by atoms with E-state index in [0.29, 0.717) is 53.4 Å². The third-order valence-corrected chi connectivity index (χ3v) is 6.47. The zero-order chi connectivity index (χ0) is 21.8. The predicted molar refractivity (Wildman–Crippen MR) is 115 cm³/mol. The molecule has 1 aliphatic heterocycles. The number of nitrogens with zero attached hydrogens (tertiary/aromatic N) is 1. The van der Waals surface area contributed by atoms with Crippen LogP contribution < -0.4 is 19.5 Å². The molecule has 31 heavy (non-hydrogen) atoms. The second-order valence-corrected chi connectivity index (χ2v) is 9.13. The van der Waals surface area contributed by atoms with Crippen molar-refractivity contribution in [3.63, 3.8) is 0 Å². The number of fused-ring (bicyclic) bond motifs is 1. The molecule has 2 aromatic carbocycles. The van der Waals surface area contributed by atoms with Crippen molar-refractivity contribution in [1.82, 2.24) is 4.98 Å². The normalized spacial score (nSPS) is 12.9. The maximum absolute atomic E-state index is 12.7. The summed E-state index contributed by atoms with van der Waals surface area (Å²) >= 11 is 1.34. The lowest BCUT2D eigenvalue weighted by Crippen LogP contribution is -2.17. The molecule has 0 bridgehead atoms. The lowest BCUT2D eigenvalue weighted by molar-refractivity contribution is 0.102. The van der Waals surface area contributed by atoms with Crippen LogP contribution in [0.4, 0.5) is 11.4 Å². The summed E-state index contributed by atoms with van der Waals surface area (Å²) in [7, 11) is -2.26. The summed E-state index contributed by atoms with van der Waals surface area (Å²) in [6.07, 6.45) is 0. The molecular weight excluding hydrogens is 442 g/mol. The van der Waals surface area contributed by atoms with E-state index in [9.17, 15) is 13.2 Å². The van der Waals surface area contributed by atoms with Gasteiger partial charge in [-0.25, -0.2) is 13.4 Å². The molecule has 0 atom stereocenters. The molecule has 0 spiro atoms. The summed E-state index contributed by atoms with van der Waals surface area (Å²) in [4.78, 5) is 16.6. The van der Waals surface area contributed by atoms with Gasteiger partial charge in [0.2, 0.25) is 0 Å². The summed E-state index contributed by atoms with van der Waals surface area (Å²) in [5, 5.41) is 5.08. The number of hydrogen-bond donors (Lipinski definition) is 2. The third-order valence-electron chi connectivity index (χ3n) is 4.27. The number of anilines is 2. The van der Waals surface area contributed by atoms with Crippen molar-refractivity contribution in [3.8, 4) is 11.5 Å². The van der Waals surface area contributed by atoms with Crippen LogP contribution in [0.3, 0.4) is 0 Å². The highest BCUT2D eigenvalue weighted by molar-refractivity contribution is 7.92. The van der Waals surface area contributed by atoms with Crippen LogP contribution in [0.5, 0.6) is 11.5 Å². The minimum atomic E-state index is -3.82. The molecule has 1 aromatic heterocycles. The monoisotopic (exact) mass is 461 g/mol. The van der Waals surface area contributed by atoms with Crippen molar-refractivity contribution in [2.75, 3.05) is 30.4 Å². The first-order chi connectivity index (χ1) is 14.9. The van der Waals surface area contributed by atoms with Gasteiger partial charge in [0.25, 0.3) is 15.9 Å². The van der Waals surface area contributed by atoms with Crippen molar-refractivity contribution >= 4 is 38.6 Å². The van der Waals surface area contributed by atoms with E-state index in [-0.39, 0.29) is 10.8 Å². The summed E-state index contributed by atoms with van der Waals surface area (Å²) in [5.74, 6) is 0.547. The Morgan fingerprint density at radius 2 is 1.81 bits per heavy atom. The number of carbonyl (C=O) groups is 1. The van der Waals surface area contributed by atoms with Gasteiger partial charge in [0.15, 0.2) is 11.5 Å². The van der Waals surface area contributed by atoms with E-state index in [2.05, 4.69) is 15.0 Å². The van der Waals surface area contributed by atoms with E-state index < -0.39 is 10.0 Å². The fourth-order valence-electron chi connectivity index (χ4n) is 2.83. The number of ether oxygens (including phenoxy) is 3. The number of methoxy groups -OCH3 is 1. The molecule has 4 rings (SSSR count). The molecule has 162 valence electrons. The van der Waals surface area contributed by atoms with Crippen LogP contribution in [-0.2, 0) is 21.4 Å². The first kappa shape index (κ1) is 21.1. The molecule has 1 amide bonds. The highest BCUT2D eigenvalue weighted by Gasteiger charge is 2.19. The molecule has 0 unspecified atom stereocenters. The summed E-state index contributed by atoms with van der Waals surface area (Å²) in [6, 6.07) is 10.8. The molecule has 3 aromatic rings. The van der Waals surface area contributed by atoms with E-state index in [4.69, 9.17) is 14.2 Å². The second kappa shape index (κ2) is 8.92. The molecule has 0 fully saturated rings. The number of carbonyl (C=O) groups excluding carboxylic acids is 1. The number of thiazole rings is 1. The van der Waals surface area contributed by atoms with Crippen molar-refractivity contribution in [3.05, 3.63) is 58.5 Å². The van der Waals surface area contributed by atoms with E-state index >= 15 is 0 Å². The van der Waals surface area contributed by atoms with Crippen LogP contribution in [0.2, 0.25) is 0 Å². The fourth-order valence-corrected chi connectivity index (χ4v) is 4.64. The Hall–Kier alpha value is -3.15. The van der Waals surface area contributed by atoms with Gasteiger partial charge in [0, 0.05) is 29.9 Å². The van der Waals surface area contributed by atoms with Gasteiger partial charge in [-0.3, -0.25) is 9.52 Å². The molecule has 2 heterocycles. The zero-order valence-electron chi connectivity index (χ0n) is 16.5. The topological polar surface area (TPSA) is 116 Å². The fraction of sp³-hybridized carbons (Fsp3) is 0.200. The number of amides is 1. The molecule has 0 saturated heterocycles. The van der Waals surface area contributed by atoms with Gasteiger partial charge in [0.1, 0.15) is 23.9 Å². The standard InChI is InChI=1S/C20H19N3O6S2/c1-27-11-19-22-16(12-30-19)20(24)21-13-2-4-14(5-3-13)23-31(25,26)15-6-7-17-18(10-15)29-9-8-28-17/h2-7,10,12,23H,8-9,11H2,1H3,(H,21,24). The number of sulfonamides is 1. The largest absolute Gasteiger partial charge is 0.486 e. The van der Waals surface area contributed by atoms with Crippen molar-refractivity contribution < 1.29 is 27.4 Å². The van der Waals surface area contributed by atoms with Crippen LogP contribution in [-0.4, -0.2) is 39.6 Å². The van der Waals surface area contributed by atoms with Crippen molar-refractivity contribution in [1.29, 1.82) is 0 Å². The first-order valence-corrected chi connectivity index (χ1v) is 11.6. The zero-order valence-corrected chi connectivity index (χ0v) is 18.1. The van der Waals surface area contributed by atoms with Crippen LogP contribution in [0.15, 0.2) is 52.7 Å². The Kier molecular flexibility index (Phi) is 6.07. The highest BCUT2D eigenvalue weighted by Crippen LogP contribution is 2.32. The van der Waals surface area contributed by atoms with Gasteiger partial charge in [-0.05, 0) is 36.4 Å². The van der Waals surface area contributed by atoms with Gasteiger partial charge in [-0.15, -0.1) is 11.3 Å². The van der Waals surface area contributed by atoms with E-state index in [1.807, 2.05) is 0 Å². The van der Waals surface area contributed by atoms with Crippen LogP contribution in [0.25, 0.3) is 0 Å². The summed E-state index contributed by atoms with van der Waals surface area (Å²) < 4.78 is 43.8. The van der Waals surface area contributed by atoms with Crippen molar-refractivity contribution in [2.45, 2.75) is 11.5 Å². The Balaban J connectivity index is 1.42. The van der Waals surface area contributed by atoms with Gasteiger partial charge < -0.3 is 19.5 Å². The number of benzene rings is 2. The minimum absolute atomic E-state index is 0.0597. The molecule has 0 saturated carbocycles. The predicted octanol–water partition coefficient (Wildman–Crippen LogP) is 3.11. The Labute approximate surface area is 183 Å². The quantitative estimate of drug-likeness (QED) is 0.555. The van der Waals surface area contributed by atoms with Gasteiger partial charge in [0.05, 0.1) is 11.5 Å². The van der Waals surface area contributed by atoms with Crippen LogP contribution in [0.1, 0.15) is 15.5 Å². The minimum Gasteiger partial charge on any atom is -0.486 e. The smallest absolute Gasteiger partial charge is 0.275 e. The molecule has 9 nitrogen and oxygen atoms in total. The molecule has 2 N–H and O–H groups in total. The number of nitrogens with one attached hydrogen (secondary N) is 2. The third kappa shape index (κ3) is 4.95. The maximum Gasteiger partial charge on any atom is 0.275 e. The lowest BCUT2D eigenvalue weighted by Gasteiger charge is -2.19. The Morgan fingerprint density at radius 3 is 2.55 bits per heavy atom. The maximum atomic E-state index is 12.7. The van der Waals surface area contributed by atoms with Gasteiger partial charge >= 0.3 is 0 Å². The SMILES string of the molecule is COCc1nc(C(=O)Nc2ccc(NS(=O)(=O)c3ccc4c(c3)OCCO4)cc2)cs1. The number of rotatable bonds is 7. The van der Waals surface area contributed by atoms with Crippen LogP contribution in [0, 0.1) is 0 Å². The van der Waals surface area contributed by atoms with Crippen LogP contribution >= 0.6 is 11.3 Å². The number of aromatic nitrogens is 1. The van der Waals surface area contributed by atoms with E-state index in [0.717, 1.165) is 0 Å². The summed E-state index contributed by atoms with van der Waals surface area (Å²) in [5.41, 5.74) is 1.15. The average Bonchev–Trinajstić information content (AvgIpc) is 3.24. The molecule has 1 aliphatic rings. The molecule has 11 heteroatoms. The number of hydrogen-bond acceptors (Lipinski definition) is 8. The van der Waals surface area contributed by atoms with Gasteiger partial charge in [-0.1, -0.05) is 0 Å². The molecule has 0 radical (unpaired) electrons. The second-order valence-electron chi connectivity index (χ2n) is 6.50. The van der Waals surface area contributed by atoms with E-state index in [1.54, 1.807) is 42.8 Å². The Bertz CT molecular complexity index is 1190. The average molecular weight is 462 g/mol. The summed E-state index contributed by atoms with van der Waals surface area (Å²) in [6.45, 7) is 1.14. The lowest BCUT2D eigenvalue weighted by atomic mass is 10.3. The van der Waals surface area contributed by atoms with Gasteiger partial charge in [-0.2, -0.15) is 0 Å². The molecular formula is C20H19N3O6S2. The highest BCUT2D eigenvalue weighted by atomic mass is 32.2. The Morgan fingerprint density at radius 1 is 1.10 bits per heavy atom. The first-order valence-electron chi connectivity index (χ1n) is 9.22. The van der Waals surface area contributed by atoms with E-state index in [1.165, 1.54) is 23.5 Å².